The zero-order valence-electron chi connectivity index (χ0n) is 13.7. The standard InChI is InChI=1S/C21H19NO3/c22-19-10-8-18(9-11-19)21(23)25-15-17-6-12-20(13-7-17)24-14-16-4-2-1-3-5-16/h1-13H,14-15,22H2. The van der Waals surface area contributed by atoms with Crippen LogP contribution in [0.2, 0.25) is 0 Å². The zero-order chi connectivity index (χ0) is 17.5. The lowest BCUT2D eigenvalue weighted by Gasteiger charge is -2.08. The molecule has 0 aromatic heterocycles. The molecule has 0 aliphatic heterocycles. The van der Waals surface area contributed by atoms with Crippen molar-refractivity contribution in [3.8, 4) is 5.75 Å². The molecule has 0 spiro atoms. The van der Waals surface area contributed by atoms with Crippen LogP contribution in [0.4, 0.5) is 5.69 Å². The van der Waals surface area contributed by atoms with E-state index in [4.69, 9.17) is 15.2 Å². The number of esters is 1. The van der Waals surface area contributed by atoms with E-state index in [-0.39, 0.29) is 12.6 Å². The first-order chi connectivity index (χ1) is 12.2. The van der Waals surface area contributed by atoms with Gasteiger partial charge in [0.15, 0.2) is 0 Å². The summed E-state index contributed by atoms with van der Waals surface area (Å²) in [7, 11) is 0. The van der Waals surface area contributed by atoms with Crippen LogP contribution in [-0.2, 0) is 18.0 Å². The van der Waals surface area contributed by atoms with Gasteiger partial charge in [-0.2, -0.15) is 0 Å². The molecule has 0 aliphatic rings. The van der Waals surface area contributed by atoms with Gasteiger partial charge in [0.25, 0.3) is 0 Å². The number of benzene rings is 3. The third-order valence-electron chi connectivity index (χ3n) is 3.69. The molecule has 3 aromatic carbocycles. The molecule has 0 saturated heterocycles. The minimum atomic E-state index is -0.371. The van der Waals surface area contributed by atoms with Gasteiger partial charge >= 0.3 is 5.97 Å². The highest BCUT2D eigenvalue weighted by molar-refractivity contribution is 5.89. The van der Waals surface area contributed by atoms with Crippen molar-refractivity contribution in [1.29, 1.82) is 0 Å². The van der Waals surface area contributed by atoms with Crippen molar-refractivity contribution in [3.05, 3.63) is 95.6 Å². The quantitative estimate of drug-likeness (QED) is 0.542. The molecule has 0 saturated carbocycles. The third kappa shape index (κ3) is 4.85. The highest BCUT2D eigenvalue weighted by Crippen LogP contribution is 2.15. The molecule has 3 aromatic rings. The van der Waals surface area contributed by atoms with E-state index in [1.807, 2.05) is 54.6 Å². The number of anilines is 1. The monoisotopic (exact) mass is 333 g/mol. The van der Waals surface area contributed by atoms with E-state index in [0.29, 0.717) is 17.9 Å². The maximum Gasteiger partial charge on any atom is 0.338 e. The predicted molar refractivity (Wildman–Crippen MR) is 97.2 cm³/mol. The molecule has 4 nitrogen and oxygen atoms in total. The fourth-order valence-electron chi connectivity index (χ4n) is 2.27. The fraction of sp³-hybridized carbons (Fsp3) is 0.0952. The number of nitrogen functional groups attached to an aromatic ring is 1. The zero-order valence-corrected chi connectivity index (χ0v) is 13.7. The number of nitrogens with two attached hydrogens (primary N) is 1. The van der Waals surface area contributed by atoms with E-state index < -0.39 is 0 Å². The first-order valence-corrected chi connectivity index (χ1v) is 7.99. The maximum absolute atomic E-state index is 12.0. The third-order valence-corrected chi connectivity index (χ3v) is 3.69. The van der Waals surface area contributed by atoms with Crippen LogP contribution in [0.1, 0.15) is 21.5 Å². The lowest BCUT2D eigenvalue weighted by Crippen LogP contribution is -2.05. The number of hydrogen-bond acceptors (Lipinski definition) is 4. The Kier molecular flexibility index (Phi) is 5.32. The second-order valence-electron chi connectivity index (χ2n) is 5.62. The van der Waals surface area contributed by atoms with Crippen molar-refractivity contribution < 1.29 is 14.3 Å². The van der Waals surface area contributed by atoms with E-state index in [1.54, 1.807) is 24.3 Å². The van der Waals surface area contributed by atoms with Gasteiger partial charge in [-0.15, -0.1) is 0 Å². The molecule has 0 atom stereocenters. The van der Waals surface area contributed by atoms with Crippen molar-refractivity contribution in [2.45, 2.75) is 13.2 Å². The summed E-state index contributed by atoms with van der Waals surface area (Å²) >= 11 is 0. The van der Waals surface area contributed by atoms with Gasteiger partial charge in [-0.1, -0.05) is 42.5 Å². The first-order valence-electron chi connectivity index (χ1n) is 7.99. The molecular formula is C21H19NO3. The van der Waals surface area contributed by atoms with Gasteiger partial charge < -0.3 is 15.2 Å². The molecule has 2 N–H and O–H groups in total. The second kappa shape index (κ2) is 8.02. The molecule has 4 heteroatoms. The molecular weight excluding hydrogens is 314 g/mol. The minimum Gasteiger partial charge on any atom is -0.489 e. The van der Waals surface area contributed by atoms with E-state index in [2.05, 4.69) is 0 Å². The van der Waals surface area contributed by atoms with Crippen molar-refractivity contribution in [3.63, 3.8) is 0 Å². The van der Waals surface area contributed by atoms with Crippen molar-refractivity contribution >= 4 is 11.7 Å². The van der Waals surface area contributed by atoms with Crippen molar-refractivity contribution in [2.24, 2.45) is 0 Å². The predicted octanol–water partition coefficient (Wildman–Crippen LogP) is 4.20. The number of ether oxygens (including phenoxy) is 2. The molecule has 0 amide bonds. The number of rotatable bonds is 6. The topological polar surface area (TPSA) is 61.6 Å². The highest BCUT2D eigenvalue weighted by atomic mass is 16.5. The Morgan fingerprint density at radius 3 is 2.08 bits per heavy atom. The van der Waals surface area contributed by atoms with Crippen LogP contribution in [-0.4, -0.2) is 5.97 Å². The summed E-state index contributed by atoms with van der Waals surface area (Å²) in [5, 5.41) is 0. The number of carbonyl (C=O) groups is 1. The van der Waals surface area contributed by atoms with Crippen LogP contribution in [0.15, 0.2) is 78.9 Å². The van der Waals surface area contributed by atoms with Gasteiger partial charge in [0, 0.05) is 5.69 Å². The fourth-order valence-corrected chi connectivity index (χ4v) is 2.27. The summed E-state index contributed by atoms with van der Waals surface area (Å²) in [6.07, 6.45) is 0. The Hall–Kier alpha value is -3.27. The van der Waals surface area contributed by atoms with Crippen molar-refractivity contribution in [2.75, 3.05) is 5.73 Å². The van der Waals surface area contributed by atoms with Crippen LogP contribution < -0.4 is 10.5 Å². The summed E-state index contributed by atoms with van der Waals surface area (Å²) in [5.41, 5.74) is 8.71. The van der Waals surface area contributed by atoms with E-state index >= 15 is 0 Å². The summed E-state index contributed by atoms with van der Waals surface area (Å²) in [6.45, 7) is 0.731. The average Bonchev–Trinajstić information content (AvgIpc) is 2.67. The summed E-state index contributed by atoms with van der Waals surface area (Å²) in [5.74, 6) is 0.405. The van der Waals surface area contributed by atoms with Gasteiger partial charge in [0.1, 0.15) is 19.0 Å². The smallest absolute Gasteiger partial charge is 0.338 e. The molecule has 0 radical (unpaired) electrons. The minimum absolute atomic E-state index is 0.210. The molecule has 0 aliphatic carbocycles. The molecule has 0 fully saturated rings. The second-order valence-corrected chi connectivity index (χ2v) is 5.62. The lowest BCUT2D eigenvalue weighted by atomic mass is 10.2. The maximum atomic E-state index is 12.0. The van der Waals surface area contributed by atoms with E-state index in [9.17, 15) is 4.79 Å². The van der Waals surface area contributed by atoms with Crippen LogP contribution in [0.3, 0.4) is 0 Å². The Morgan fingerprint density at radius 1 is 0.760 bits per heavy atom. The molecule has 0 heterocycles. The molecule has 25 heavy (non-hydrogen) atoms. The van der Waals surface area contributed by atoms with Crippen LogP contribution in [0.5, 0.6) is 5.75 Å². The molecule has 0 bridgehead atoms. The average molecular weight is 333 g/mol. The van der Waals surface area contributed by atoms with E-state index in [0.717, 1.165) is 16.9 Å². The summed E-state index contributed by atoms with van der Waals surface area (Å²) < 4.78 is 11.0. The van der Waals surface area contributed by atoms with Crippen LogP contribution >= 0.6 is 0 Å². The van der Waals surface area contributed by atoms with Gasteiger partial charge in [-0.05, 0) is 47.5 Å². The SMILES string of the molecule is Nc1ccc(C(=O)OCc2ccc(OCc3ccccc3)cc2)cc1. The summed E-state index contributed by atoms with van der Waals surface area (Å²) in [4.78, 5) is 12.0. The molecule has 0 unspecified atom stereocenters. The largest absolute Gasteiger partial charge is 0.489 e. The molecule has 126 valence electrons. The number of hydrogen-bond donors (Lipinski definition) is 1. The molecule has 3 rings (SSSR count). The van der Waals surface area contributed by atoms with Crippen LogP contribution in [0.25, 0.3) is 0 Å². The Balaban J connectivity index is 1.50. The van der Waals surface area contributed by atoms with Crippen molar-refractivity contribution in [1.82, 2.24) is 0 Å². The van der Waals surface area contributed by atoms with Gasteiger partial charge in [0.05, 0.1) is 5.56 Å². The van der Waals surface area contributed by atoms with Gasteiger partial charge in [0.2, 0.25) is 0 Å². The Bertz CT molecular complexity index is 812. The van der Waals surface area contributed by atoms with Gasteiger partial charge in [-0.25, -0.2) is 4.79 Å². The first kappa shape index (κ1) is 16.6. The Morgan fingerprint density at radius 2 is 1.40 bits per heavy atom. The lowest BCUT2D eigenvalue weighted by molar-refractivity contribution is 0.0472. The normalized spacial score (nSPS) is 10.2. The Labute approximate surface area is 146 Å². The van der Waals surface area contributed by atoms with E-state index in [1.165, 1.54) is 0 Å². The highest BCUT2D eigenvalue weighted by Gasteiger charge is 2.07. The van der Waals surface area contributed by atoms with Gasteiger partial charge in [-0.3, -0.25) is 0 Å². The summed E-state index contributed by atoms with van der Waals surface area (Å²) in [6, 6.07) is 24.1. The van der Waals surface area contributed by atoms with Crippen LogP contribution in [0, 0.1) is 0 Å². The number of carbonyl (C=O) groups excluding carboxylic acids is 1.